The highest BCUT2D eigenvalue weighted by atomic mass is 16.6. The first kappa shape index (κ1) is 14.9. The molecule has 7 nitrogen and oxygen atoms in total. The van der Waals surface area contributed by atoms with Gasteiger partial charge in [0, 0.05) is 30.9 Å². The van der Waals surface area contributed by atoms with Crippen LogP contribution in [-0.4, -0.2) is 30.5 Å². The van der Waals surface area contributed by atoms with Crippen molar-refractivity contribution in [3.8, 4) is 0 Å². The summed E-state index contributed by atoms with van der Waals surface area (Å²) >= 11 is 0. The summed E-state index contributed by atoms with van der Waals surface area (Å²) in [4.78, 5) is 21.4. The molecular weight excluding hydrogens is 248 g/mol. The van der Waals surface area contributed by atoms with Gasteiger partial charge < -0.3 is 16.4 Å². The minimum absolute atomic E-state index is 0.129. The van der Waals surface area contributed by atoms with Gasteiger partial charge in [-0.05, 0) is 19.0 Å². The summed E-state index contributed by atoms with van der Waals surface area (Å²) in [7, 11) is 0. The lowest BCUT2D eigenvalue weighted by molar-refractivity contribution is -0.384. The van der Waals surface area contributed by atoms with Gasteiger partial charge in [0.15, 0.2) is 0 Å². The summed E-state index contributed by atoms with van der Waals surface area (Å²) < 4.78 is 0. The van der Waals surface area contributed by atoms with Crippen molar-refractivity contribution >= 4 is 17.3 Å². The molecule has 0 aromatic heterocycles. The molecule has 0 aliphatic heterocycles. The van der Waals surface area contributed by atoms with E-state index < -0.39 is 10.8 Å². The van der Waals surface area contributed by atoms with Crippen LogP contribution in [-0.2, 0) is 0 Å². The number of primary amides is 1. The first-order valence-corrected chi connectivity index (χ1v) is 6.09. The number of nitro groups is 1. The van der Waals surface area contributed by atoms with Crippen molar-refractivity contribution in [2.75, 3.05) is 25.0 Å². The fraction of sp³-hybridized carbons (Fsp3) is 0.417. The van der Waals surface area contributed by atoms with Crippen molar-refractivity contribution in [1.82, 2.24) is 5.32 Å². The van der Waals surface area contributed by atoms with Gasteiger partial charge in [-0.3, -0.25) is 14.9 Å². The second-order valence-corrected chi connectivity index (χ2v) is 4.03. The third kappa shape index (κ3) is 4.55. The number of carbonyl (C=O) groups excluding carboxylic acids is 1. The molecule has 1 amide bonds. The lowest BCUT2D eigenvalue weighted by Gasteiger charge is -2.10. The summed E-state index contributed by atoms with van der Waals surface area (Å²) in [6, 6.07) is 4.02. The Balaban J connectivity index is 2.71. The number of benzene rings is 1. The summed E-state index contributed by atoms with van der Waals surface area (Å²) in [5, 5.41) is 16.9. The van der Waals surface area contributed by atoms with Crippen molar-refractivity contribution in [2.24, 2.45) is 5.73 Å². The van der Waals surface area contributed by atoms with E-state index in [1.807, 2.05) is 0 Å². The first-order chi connectivity index (χ1) is 9.06. The van der Waals surface area contributed by atoms with Crippen molar-refractivity contribution in [3.63, 3.8) is 0 Å². The minimum atomic E-state index is -0.687. The summed E-state index contributed by atoms with van der Waals surface area (Å²) in [6.07, 6.45) is 1.05. The second-order valence-electron chi connectivity index (χ2n) is 4.03. The van der Waals surface area contributed by atoms with Gasteiger partial charge in [0.1, 0.15) is 0 Å². The topological polar surface area (TPSA) is 110 Å². The number of non-ortho nitro benzene ring substituents is 1. The molecule has 1 aromatic carbocycles. The Bertz CT molecular complexity index is 462. The molecule has 104 valence electrons. The van der Waals surface area contributed by atoms with E-state index in [1.165, 1.54) is 18.2 Å². The number of amides is 1. The third-order valence-corrected chi connectivity index (χ3v) is 2.52. The standard InChI is InChI=1S/C12H18N4O3/c1-2-5-14-6-7-15-11-4-3-9(16(18)19)8-10(11)12(13)17/h3-4,8,14-15H,2,5-7H2,1H3,(H2,13,17). The molecule has 0 saturated carbocycles. The fourth-order valence-electron chi connectivity index (χ4n) is 1.59. The van der Waals surface area contributed by atoms with Crippen LogP contribution < -0.4 is 16.4 Å². The zero-order valence-corrected chi connectivity index (χ0v) is 10.8. The average Bonchev–Trinajstić information content (AvgIpc) is 2.38. The van der Waals surface area contributed by atoms with E-state index in [0.29, 0.717) is 12.2 Å². The second kappa shape index (κ2) is 7.32. The van der Waals surface area contributed by atoms with E-state index in [4.69, 9.17) is 5.73 Å². The molecule has 0 fully saturated rings. The molecule has 0 spiro atoms. The number of hydrogen-bond donors (Lipinski definition) is 3. The number of nitrogens with one attached hydrogen (secondary N) is 2. The molecule has 0 aliphatic rings. The highest BCUT2D eigenvalue weighted by Gasteiger charge is 2.14. The molecular formula is C12H18N4O3. The van der Waals surface area contributed by atoms with E-state index in [-0.39, 0.29) is 11.3 Å². The van der Waals surface area contributed by atoms with Crippen LogP contribution in [0.25, 0.3) is 0 Å². The van der Waals surface area contributed by atoms with E-state index in [2.05, 4.69) is 17.6 Å². The maximum Gasteiger partial charge on any atom is 0.270 e. The Labute approximate surface area is 111 Å². The van der Waals surface area contributed by atoms with Gasteiger partial charge in [-0.15, -0.1) is 0 Å². The normalized spacial score (nSPS) is 10.2. The molecule has 0 atom stereocenters. The molecule has 0 bridgehead atoms. The highest BCUT2D eigenvalue weighted by Crippen LogP contribution is 2.21. The molecule has 1 aromatic rings. The summed E-state index contributed by atoms with van der Waals surface area (Å²) in [5.41, 5.74) is 5.71. The van der Waals surface area contributed by atoms with Crippen LogP contribution >= 0.6 is 0 Å². The van der Waals surface area contributed by atoms with Gasteiger partial charge in [0.2, 0.25) is 0 Å². The Hall–Kier alpha value is -2.15. The molecule has 0 heterocycles. The smallest absolute Gasteiger partial charge is 0.270 e. The van der Waals surface area contributed by atoms with Crippen LogP contribution in [0.2, 0.25) is 0 Å². The maximum absolute atomic E-state index is 11.3. The average molecular weight is 266 g/mol. The van der Waals surface area contributed by atoms with Crippen LogP contribution in [0.1, 0.15) is 23.7 Å². The molecule has 1 rings (SSSR count). The SMILES string of the molecule is CCCNCCNc1ccc([N+](=O)[O-])cc1C(N)=O. The van der Waals surface area contributed by atoms with Crippen LogP contribution in [0.3, 0.4) is 0 Å². The summed E-state index contributed by atoms with van der Waals surface area (Å²) in [6.45, 7) is 4.34. The zero-order valence-electron chi connectivity index (χ0n) is 10.8. The number of nitro benzene ring substituents is 1. The molecule has 7 heteroatoms. The Morgan fingerprint density at radius 3 is 2.68 bits per heavy atom. The van der Waals surface area contributed by atoms with E-state index in [0.717, 1.165) is 19.5 Å². The monoisotopic (exact) mass is 266 g/mol. The summed E-state index contributed by atoms with van der Waals surface area (Å²) in [5.74, 6) is -0.687. The molecule has 19 heavy (non-hydrogen) atoms. The third-order valence-electron chi connectivity index (χ3n) is 2.52. The quantitative estimate of drug-likeness (QED) is 0.371. The zero-order chi connectivity index (χ0) is 14.3. The molecule has 0 unspecified atom stereocenters. The number of nitrogens with two attached hydrogens (primary N) is 1. The predicted molar refractivity (Wildman–Crippen MR) is 73.3 cm³/mol. The Morgan fingerprint density at radius 2 is 2.11 bits per heavy atom. The van der Waals surface area contributed by atoms with Crippen LogP contribution in [0.5, 0.6) is 0 Å². The van der Waals surface area contributed by atoms with Gasteiger partial charge in [0.05, 0.1) is 10.5 Å². The van der Waals surface area contributed by atoms with Crippen molar-refractivity contribution in [2.45, 2.75) is 13.3 Å². The molecule has 0 radical (unpaired) electrons. The lowest BCUT2D eigenvalue weighted by Crippen LogP contribution is -2.24. The van der Waals surface area contributed by atoms with E-state index >= 15 is 0 Å². The van der Waals surface area contributed by atoms with Crippen LogP contribution in [0.15, 0.2) is 18.2 Å². The Morgan fingerprint density at radius 1 is 1.37 bits per heavy atom. The predicted octanol–water partition coefficient (Wildman–Crippen LogP) is 1.11. The number of hydrogen-bond acceptors (Lipinski definition) is 5. The Kier molecular flexibility index (Phi) is 5.74. The van der Waals surface area contributed by atoms with Crippen LogP contribution in [0.4, 0.5) is 11.4 Å². The highest BCUT2D eigenvalue weighted by molar-refractivity contribution is 5.99. The van der Waals surface area contributed by atoms with Crippen molar-refractivity contribution in [1.29, 1.82) is 0 Å². The maximum atomic E-state index is 11.3. The molecule has 0 aliphatic carbocycles. The van der Waals surface area contributed by atoms with E-state index in [9.17, 15) is 14.9 Å². The minimum Gasteiger partial charge on any atom is -0.383 e. The van der Waals surface area contributed by atoms with Gasteiger partial charge >= 0.3 is 0 Å². The van der Waals surface area contributed by atoms with Gasteiger partial charge in [-0.1, -0.05) is 6.92 Å². The molecule has 4 N–H and O–H groups in total. The number of nitrogens with zero attached hydrogens (tertiary/aromatic N) is 1. The largest absolute Gasteiger partial charge is 0.383 e. The lowest BCUT2D eigenvalue weighted by atomic mass is 10.1. The van der Waals surface area contributed by atoms with Gasteiger partial charge in [0.25, 0.3) is 11.6 Å². The van der Waals surface area contributed by atoms with Crippen molar-refractivity contribution in [3.05, 3.63) is 33.9 Å². The van der Waals surface area contributed by atoms with Gasteiger partial charge in [-0.2, -0.15) is 0 Å². The number of rotatable bonds is 8. The molecule has 0 saturated heterocycles. The fourth-order valence-corrected chi connectivity index (χ4v) is 1.59. The first-order valence-electron chi connectivity index (χ1n) is 6.09. The van der Waals surface area contributed by atoms with Crippen LogP contribution in [0, 0.1) is 10.1 Å². The number of carbonyl (C=O) groups is 1. The van der Waals surface area contributed by atoms with E-state index in [1.54, 1.807) is 0 Å². The van der Waals surface area contributed by atoms with Crippen molar-refractivity contribution < 1.29 is 9.72 Å². The van der Waals surface area contributed by atoms with Gasteiger partial charge in [-0.25, -0.2) is 0 Å². The number of anilines is 1.